The van der Waals surface area contributed by atoms with Crippen molar-refractivity contribution in [3.8, 4) is 5.75 Å². The van der Waals surface area contributed by atoms with Crippen molar-refractivity contribution >= 4 is 5.69 Å². The molecular weight excluding hydrogens is 260 g/mol. The fourth-order valence-corrected chi connectivity index (χ4v) is 2.40. The van der Waals surface area contributed by atoms with Crippen molar-refractivity contribution < 1.29 is 4.74 Å². The molecule has 0 aromatic heterocycles. The maximum atomic E-state index is 5.21. The zero-order valence-electron chi connectivity index (χ0n) is 13.1. The highest BCUT2D eigenvalue weighted by Gasteiger charge is 2.06. The first kappa shape index (κ1) is 15.4. The molecule has 0 unspecified atom stereocenters. The zero-order valence-corrected chi connectivity index (χ0v) is 13.1. The molecule has 0 radical (unpaired) electrons. The second-order valence-electron chi connectivity index (χ2n) is 5.18. The Morgan fingerprint density at radius 1 is 1.00 bits per heavy atom. The number of nitrogens with zero attached hydrogens (tertiary/aromatic N) is 1. The number of ether oxygens (including phenoxy) is 1. The summed E-state index contributed by atoms with van der Waals surface area (Å²) in [6.45, 7) is 1.91. The number of methoxy groups -OCH3 is 1. The van der Waals surface area contributed by atoms with Crippen LogP contribution in [0, 0.1) is 0 Å². The Labute approximate surface area is 127 Å². The summed E-state index contributed by atoms with van der Waals surface area (Å²) in [5, 5.41) is 3.21. The molecule has 0 saturated heterocycles. The SMILES string of the molecule is CNCCc1ccccc1CN(C)c1ccc(OC)cc1. The Morgan fingerprint density at radius 2 is 1.67 bits per heavy atom. The fourth-order valence-electron chi connectivity index (χ4n) is 2.40. The van der Waals surface area contributed by atoms with Crippen molar-refractivity contribution in [2.45, 2.75) is 13.0 Å². The van der Waals surface area contributed by atoms with Crippen molar-refractivity contribution in [2.24, 2.45) is 0 Å². The average Bonchev–Trinajstić information content (AvgIpc) is 2.54. The molecule has 0 bridgehead atoms. The van der Waals surface area contributed by atoms with Gasteiger partial charge in [-0.3, -0.25) is 0 Å². The predicted octanol–water partition coefficient (Wildman–Crippen LogP) is 3.09. The molecule has 0 aliphatic heterocycles. The molecule has 0 heterocycles. The molecule has 0 amide bonds. The zero-order chi connectivity index (χ0) is 15.1. The molecule has 0 aliphatic carbocycles. The van der Waals surface area contributed by atoms with Crippen LogP contribution in [0.1, 0.15) is 11.1 Å². The molecule has 2 aromatic rings. The summed E-state index contributed by atoms with van der Waals surface area (Å²) in [5.74, 6) is 0.890. The molecule has 2 rings (SSSR count). The van der Waals surface area contributed by atoms with E-state index in [2.05, 4.69) is 53.7 Å². The topological polar surface area (TPSA) is 24.5 Å². The lowest BCUT2D eigenvalue weighted by Crippen LogP contribution is -2.18. The molecule has 0 aliphatic rings. The van der Waals surface area contributed by atoms with Crippen LogP contribution in [0.3, 0.4) is 0 Å². The van der Waals surface area contributed by atoms with E-state index in [1.807, 2.05) is 19.2 Å². The monoisotopic (exact) mass is 284 g/mol. The number of rotatable bonds is 7. The number of nitrogens with one attached hydrogen (secondary N) is 1. The van der Waals surface area contributed by atoms with E-state index in [0.29, 0.717) is 0 Å². The third-order valence-electron chi connectivity index (χ3n) is 3.68. The van der Waals surface area contributed by atoms with Crippen LogP contribution in [0.5, 0.6) is 5.75 Å². The predicted molar refractivity (Wildman–Crippen MR) is 89.2 cm³/mol. The van der Waals surface area contributed by atoms with Gasteiger partial charge in [-0.05, 0) is 55.4 Å². The molecule has 0 fully saturated rings. The number of anilines is 1. The highest BCUT2D eigenvalue weighted by atomic mass is 16.5. The van der Waals surface area contributed by atoms with Crippen LogP contribution in [0.2, 0.25) is 0 Å². The molecule has 2 aromatic carbocycles. The quantitative estimate of drug-likeness (QED) is 0.845. The van der Waals surface area contributed by atoms with Gasteiger partial charge >= 0.3 is 0 Å². The molecule has 1 N–H and O–H groups in total. The van der Waals surface area contributed by atoms with Gasteiger partial charge in [-0.15, -0.1) is 0 Å². The van der Waals surface area contributed by atoms with Crippen LogP contribution in [-0.4, -0.2) is 27.7 Å². The lowest BCUT2D eigenvalue weighted by Gasteiger charge is -2.21. The van der Waals surface area contributed by atoms with Gasteiger partial charge in [0.2, 0.25) is 0 Å². The Hall–Kier alpha value is -2.00. The smallest absolute Gasteiger partial charge is 0.119 e. The Bertz CT molecular complexity index is 551. The normalized spacial score (nSPS) is 10.4. The first-order valence-corrected chi connectivity index (χ1v) is 7.31. The molecule has 0 saturated carbocycles. The third-order valence-corrected chi connectivity index (χ3v) is 3.68. The molecule has 21 heavy (non-hydrogen) atoms. The second-order valence-corrected chi connectivity index (χ2v) is 5.18. The Morgan fingerprint density at radius 3 is 2.29 bits per heavy atom. The lowest BCUT2D eigenvalue weighted by molar-refractivity contribution is 0.415. The fraction of sp³-hybridized carbons (Fsp3) is 0.333. The average molecular weight is 284 g/mol. The van der Waals surface area contributed by atoms with Crippen molar-refractivity contribution in [3.05, 3.63) is 59.7 Å². The van der Waals surface area contributed by atoms with Crippen molar-refractivity contribution in [1.82, 2.24) is 5.32 Å². The summed E-state index contributed by atoms with van der Waals surface area (Å²) in [6.07, 6.45) is 1.06. The van der Waals surface area contributed by atoms with Gasteiger partial charge in [0.25, 0.3) is 0 Å². The van der Waals surface area contributed by atoms with E-state index in [1.54, 1.807) is 7.11 Å². The number of hydrogen-bond donors (Lipinski definition) is 1. The van der Waals surface area contributed by atoms with E-state index in [0.717, 1.165) is 25.3 Å². The van der Waals surface area contributed by atoms with Gasteiger partial charge in [0, 0.05) is 19.3 Å². The summed E-state index contributed by atoms with van der Waals surface area (Å²) in [4.78, 5) is 2.26. The minimum absolute atomic E-state index is 0.890. The van der Waals surface area contributed by atoms with E-state index in [-0.39, 0.29) is 0 Å². The summed E-state index contributed by atoms with van der Waals surface area (Å²) < 4.78 is 5.21. The largest absolute Gasteiger partial charge is 0.497 e. The molecule has 0 spiro atoms. The molecular formula is C18H24N2O. The minimum Gasteiger partial charge on any atom is -0.497 e. The minimum atomic E-state index is 0.890. The van der Waals surface area contributed by atoms with E-state index >= 15 is 0 Å². The van der Waals surface area contributed by atoms with E-state index in [1.165, 1.54) is 16.8 Å². The number of likely N-dealkylation sites (N-methyl/N-ethyl adjacent to an activating group) is 1. The highest BCUT2D eigenvalue weighted by molar-refractivity contribution is 5.49. The van der Waals surface area contributed by atoms with E-state index in [9.17, 15) is 0 Å². The Kier molecular flexibility index (Phi) is 5.64. The maximum Gasteiger partial charge on any atom is 0.119 e. The van der Waals surface area contributed by atoms with Gasteiger partial charge in [-0.25, -0.2) is 0 Å². The summed E-state index contributed by atoms with van der Waals surface area (Å²) >= 11 is 0. The first-order chi connectivity index (χ1) is 10.2. The van der Waals surface area contributed by atoms with Crippen molar-refractivity contribution in [1.29, 1.82) is 0 Å². The van der Waals surface area contributed by atoms with Crippen molar-refractivity contribution in [2.75, 3.05) is 32.6 Å². The van der Waals surface area contributed by atoms with Crippen LogP contribution in [0.25, 0.3) is 0 Å². The van der Waals surface area contributed by atoms with Crippen LogP contribution in [0.4, 0.5) is 5.69 Å². The van der Waals surface area contributed by atoms with Gasteiger partial charge in [0.1, 0.15) is 5.75 Å². The van der Waals surface area contributed by atoms with Gasteiger partial charge in [-0.2, -0.15) is 0 Å². The van der Waals surface area contributed by atoms with Crippen LogP contribution in [0.15, 0.2) is 48.5 Å². The summed E-state index contributed by atoms with van der Waals surface area (Å²) in [7, 11) is 5.81. The number of hydrogen-bond acceptors (Lipinski definition) is 3. The van der Waals surface area contributed by atoms with E-state index in [4.69, 9.17) is 4.74 Å². The van der Waals surface area contributed by atoms with Gasteiger partial charge in [0.05, 0.1) is 7.11 Å². The van der Waals surface area contributed by atoms with E-state index < -0.39 is 0 Å². The molecule has 112 valence electrons. The van der Waals surface area contributed by atoms with Gasteiger partial charge in [0.15, 0.2) is 0 Å². The summed E-state index contributed by atoms with van der Waals surface area (Å²) in [6, 6.07) is 16.8. The number of benzene rings is 2. The summed E-state index contributed by atoms with van der Waals surface area (Å²) in [5.41, 5.74) is 3.98. The molecule has 3 heteroatoms. The van der Waals surface area contributed by atoms with Crippen LogP contribution >= 0.6 is 0 Å². The first-order valence-electron chi connectivity index (χ1n) is 7.31. The highest BCUT2D eigenvalue weighted by Crippen LogP contribution is 2.21. The lowest BCUT2D eigenvalue weighted by atomic mass is 10.0. The van der Waals surface area contributed by atoms with Crippen molar-refractivity contribution in [3.63, 3.8) is 0 Å². The Balaban J connectivity index is 2.09. The second kappa shape index (κ2) is 7.70. The standard InChI is InChI=1S/C18H24N2O/c1-19-13-12-15-6-4-5-7-16(15)14-20(2)17-8-10-18(21-3)11-9-17/h4-11,19H,12-14H2,1-3H3. The third kappa shape index (κ3) is 4.23. The molecule has 0 atom stereocenters. The van der Waals surface area contributed by atoms with Crippen LogP contribution in [-0.2, 0) is 13.0 Å². The van der Waals surface area contributed by atoms with Gasteiger partial charge < -0.3 is 15.0 Å². The maximum absolute atomic E-state index is 5.21. The van der Waals surface area contributed by atoms with Crippen LogP contribution < -0.4 is 15.0 Å². The molecule has 3 nitrogen and oxygen atoms in total. The van der Waals surface area contributed by atoms with Gasteiger partial charge in [-0.1, -0.05) is 24.3 Å².